The number of urea groups is 1. The van der Waals surface area contributed by atoms with Crippen LogP contribution in [0.5, 0.6) is 5.75 Å². The van der Waals surface area contributed by atoms with Crippen LogP contribution in [-0.4, -0.2) is 72.0 Å². The monoisotopic (exact) mass is 477 g/mol. The molecule has 4 amide bonds. The number of aromatic amines is 1. The van der Waals surface area contributed by atoms with Crippen molar-refractivity contribution in [3.63, 3.8) is 0 Å². The predicted molar refractivity (Wildman–Crippen MR) is 134 cm³/mol. The number of carbonyl (C=O) groups excluding carboxylic acids is 3. The summed E-state index contributed by atoms with van der Waals surface area (Å²) < 4.78 is 5.16. The number of piperazine rings is 1. The minimum atomic E-state index is -0.718. The second kappa shape index (κ2) is 10.9. The van der Waals surface area contributed by atoms with Gasteiger partial charge in [-0.05, 0) is 37.1 Å². The summed E-state index contributed by atoms with van der Waals surface area (Å²) in [6.07, 6.45) is 3.06. The first kappa shape index (κ1) is 24.1. The molecule has 1 aliphatic heterocycles. The zero-order valence-electron chi connectivity index (χ0n) is 20.0. The van der Waals surface area contributed by atoms with E-state index in [2.05, 4.69) is 21.7 Å². The number of anilines is 1. The number of nitrogens with zero attached hydrogens (tertiary/aromatic N) is 2. The van der Waals surface area contributed by atoms with Crippen molar-refractivity contribution in [1.82, 2.24) is 20.1 Å². The smallest absolute Gasteiger partial charge is 0.318 e. The Morgan fingerprint density at radius 2 is 1.77 bits per heavy atom. The molecule has 1 saturated heterocycles. The molecule has 1 aromatic heterocycles. The van der Waals surface area contributed by atoms with Crippen LogP contribution in [0.4, 0.5) is 10.5 Å². The molecule has 1 fully saturated rings. The number of aromatic nitrogens is 1. The van der Waals surface area contributed by atoms with E-state index in [-0.39, 0.29) is 17.8 Å². The normalized spacial score (nSPS) is 14.5. The number of carbonyl (C=O) groups is 3. The number of amides is 4. The highest BCUT2D eigenvalue weighted by Gasteiger charge is 2.26. The summed E-state index contributed by atoms with van der Waals surface area (Å²) in [5.41, 5.74) is 2.80. The van der Waals surface area contributed by atoms with Gasteiger partial charge in [-0.3, -0.25) is 9.59 Å². The standard InChI is InChI=1S/C26H31N5O4/c1-18(25(33)29-20-6-5-7-21(16-20)35-2)28-26(34)31-14-12-30(13-15-31)24(32)11-10-19-17-27-23-9-4-3-8-22(19)23/h3-9,16-18,27H,10-15H2,1-2H3,(H,28,34)(H,29,33)/t18-/m0/s1. The fourth-order valence-corrected chi connectivity index (χ4v) is 4.19. The van der Waals surface area contributed by atoms with Crippen LogP contribution in [0.15, 0.2) is 54.7 Å². The van der Waals surface area contributed by atoms with Crippen molar-refractivity contribution < 1.29 is 19.1 Å². The van der Waals surface area contributed by atoms with Crippen molar-refractivity contribution in [2.75, 3.05) is 38.6 Å². The molecule has 1 aliphatic rings. The van der Waals surface area contributed by atoms with Crippen LogP contribution in [0.3, 0.4) is 0 Å². The van der Waals surface area contributed by atoms with E-state index in [0.29, 0.717) is 50.5 Å². The molecule has 3 aromatic rings. The molecule has 0 bridgehead atoms. The van der Waals surface area contributed by atoms with Crippen LogP contribution in [0.25, 0.3) is 10.9 Å². The maximum atomic E-state index is 12.7. The lowest BCUT2D eigenvalue weighted by atomic mass is 10.1. The Balaban J connectivity index is 1.21. The largest absolute Gasteiger partial charge is 0.497 e. The van der Waals surface area contributed by atoms with Gasteiger partial charge < -0.3 is 30.2 Å². The number of para-hydroxylation sites is 1. The molecule has 3 N–H and O–H groups in total. The topological polar surface area (TPSA) is 107 Å². The molecule has 0 spiro atoms. The molecule has 184 valence electrons. The first-order valence-corrected chi connectivity index (χ1v) is 11.8. The number of aryl methyl sites for hydroxylation is 1. The fourth-order valence-electron chi connectivity index (χ4n) is 4.19. The van der Waals surface area contributed by atoms with Crippen molar-refractivity contribution in [1.29, 1.82) is 0 Å². The van der Waals surface area contributed by atoms with E-state index in [9.17, 15) is 14.4 Å². The Kier molecular flexibility index (Phi) is 7.54. The average molecular weight is 478 g/mol. The molecule has 4 rings (SSSR count). The SMILES string of the molecule is COc1cccc(NC(=O)[C@H](C)NC(=O)N2CCN(C(=O)CCc3c[nH]c4ccccc34)CC2)c1. The number of hydrogen-bond donors (Lipinski definition) is 3. The number of ether oxygens (including phenoxy) is 1. The molecule has 0 unspecified atom stereocenters. The van der Waals surface area contributed by atoms with Crippen LogP contribution in [0.1, 0.15) is 18.9 Å². The maximum Gasteiger partial charge on any atom is 0.318 e. The van der Waals surface area contributed by atoms with E-state index in [4.69, 9.17) is 4.74 Å². The Morgan fingerprint density at radius 3 is 2.54 bits per heavy atom. The Morgan fingerprint density at radius 1 is 1.03 bits per heavy atom. The third kappa shape index (κ3) is 5.92. The number of hydrogen-bond acceptors (Lipinski definition) is 4. The van der Waals surface area contributed by atoms with Crippen LogP contribution < -0.4 is 15.4 Å². The van der Waals surface area contributed by atoms with Gasteiger partial charge in [-0.2, -0.15) is 0 Å². The van der Waals surface area contributed by atoms with E-state index in [1.54, 1.807) is 48.1 Å². The summed E-state index contributed by atoms with van der Waals surface area (Å²) in [7, 11) is 1.56. The first-order valence-electron chi connectivity index (χ1n) is 11.8. The van der Waals surface area contributed by atoms with Crippen LogP contribution >= 0.6 is 0 Å². The molecule has 0 radical (unpaired) electrons. The lowest BCUT2D eigenvalue weighted by Crippen LogP contribution is -2.55. The van der Waals surface area contributed by atoms with Gasteiger partial charge in [0.15, 0.2) is 0 Å². The van der Waals surface area contributed by atoms with Crippen LogP contribution in [0.2, 0.25) is 0 Å². The van der Waals surface area contributed by atoms with E-state index < -0.39 is 6.04 Å². The summed E-state index contributed by atoms with van der Waals surface area (Å²) in [6.45, 7) is 3.44. The molecular weight excluding hydrogens is 446 g/mol. The zero-order chi connectivity index (χ0) is 24.8. The number of methoxy groups -OCH3 is 1. The molecular formula is C26H31N5O4. The highest BCUT2D eigenvalue weighted by atomic mass is 16.5. The van der Waals surface area contributed by atoms with E-state index in [1.165, 1.54) is 0 Å². The van der Waals surface area contributed by atoms with Crippen molar-refractivity contribution in [3.8, 4) is 5.75 Å². The summed E-state index contributed by atoms with van der Waals surface area (Å²) in [5, 5.41) is 6.66. The van der Waals surface area contributed by atoms with Gasteiger partial charge in [0.2, 0.25) is 11.8 Å². The van der Waals surface area contributed by atoms with Gasteiger partial charge in [0.25, 0.3) is 0 Å². The van der Waals surface area contributed by atoms with Crippen LogP contribution in [0, 0.1) is 0 Å². The number of benzene rings is 2. The number of fused-ring (bicyclic) bond motifs is 1. The minimum Gasteiger partial charge on any atom is -0.497 e. The van der Waals surface area contributed by atoms with Gasteiger partial charge in [-0.1, -0.05) is 24.3 Å². The minimum absolute atomic E-state index is 0.0846. The van der Waals surface area contributed by atoms with Crippen molar-refractivity contribution in [3.05, 3.63) is 60.3 Å². The van der Waals surface area contributed by atoms with E-state index >= 15 is 0 Å². The second-order valence-corrected chi connectivity index (χ2v) is 8.62. The highest BCUT2D eigenvalue weighted by molar-refractivity contribution is 5.96. The molecule has 1 atom stereocenters. The van der Waals surface area contributed by atoms with Crippen molar-refractivity contribution >= 4 is 34.4 Å². The molecule has 0 aliphatic carbocycles. The zero-order valence-corrected chi connectivity index (χ0v) is 20.0. The Bertz CT molecular complexity index is 1200. The molecule has 9 nitrogen and oxygen atoms in total. The first-order chi connectivity index (χ1) is 16.9. The highest BCUT2D eigenvalue weighted by Crippen LogP contribution is 2.20. The maximum absolute atomic E-state index is 12.7. The van der Waals surface area contributed by atoms with Gasteiger partial charge in [0, 0.05) is 61.5 Å². The lowest BCUT2D eigenvalue weighted by molar-refractivity contribution is -0.132. The molecule has 2 aromatic carbocycles. The van der Waals surface area contributed by atoms with Crippen LogP contribution in [-0.2, 0) is 16.0 Å². The number of H-pyrrole nitrogens is 1. The Labute approximate surface area is 204 Å². The van der Waals surface area contributed by atoms with Gasteiger partial charge >= 0.3 is 6.03 Å². The van der Waals surface area contributed by atoms with Crippen molar-refractivity contribution in [2.24, 2.45) is 0 Å². The van der Waals surface area contributed by atoms with Crippen molar-refractivity contribution in [2.45, 2.75) is 25.8 Å². The number of rotatable bonds is 7. The van der Waals surface area contributed by atoms with Gasteiger partial charge in [-0.25, -0.2) is 4.79 Å². The lowest BCUT2D eigenvalue weighted by Gasteiger charge is -2.35. The number of nitrogens with one attached hydrogen (secondary N) is 3. The third-order valence-electron chi connectivity index (χ3n) is 6.27. The summed E-state index contributed by atoms with van der Waals surface area (Å²) in [6, 6.07) is 14.0. The molecule has 9 heteroatoms. The van der Waals surface area contributed by atoms with E-state index in [0.717, 1.165) is 16.5 Å². The fraction of sp³-hybridized carbons (Fsp3) is 0.346. The van der Waals surface area contributed by atoms with E-state index in [1.807, 2.05) is 24.4 Å². The van der Waals surface area contributed by atoms with Gasteiger partial charge in [0.1, 0.15) is 11.8 Å². The predicted octanol–water partition coefficient (Wildman–Crippen LogP) is 2.99. The summed E-state index contributed by atoms with van der Waals surface area (Å²) in [5.74, 6) is 0.396. The Hall–Kier alpha value is -4.01. The van der Waals surface area contributed by atoms with Gasteiger partial charge in [-0.15, -0.1) is 0 Å². The second-order valence-electron chi connectivity index (χ2n) is 8.62. The molecule has 0 saturated carbocycles. The summed E-state index contributed by atoms with van der Waals surface area (Å²) >= 11 is 0. The quantitative estimate of drug-likeness (QED) is 0.486. The van der Waals surface area contributed by atoms with Gasteiger partial charge in [0.05, 0.1) is 7.11 Å². The third-order valence-corrected chi connectivity index (χ3v) is 6.27. The average Bonchev–Trinajstić information content (AvgIpc) is 3.30. The molecule has 2 heterocycles. The summed E-state index contributed by atoms with van der Waals surface area (Å²) in [4.78, 5) is 44.5. The molecule has 35 heavy (non-hydrogen) atoms.